The van der Waals surface area contributed by atoms with E-state index in [0.717, 1.165) is 26.1 Å². The molecule has 0 radical (unpaired) electrons. The minimum absolute atomic E-state index is 0.0417. The van der Waals surface area contributed by atoms with Crippen molar-refractivity contribution in [2.45, 2.75) is 45.1 Å². The van der Waals surface area contributed by atoms with Gasteiger partial charge in [0.15, 0.2) is 0 Å². The van der Waals surface area contributed by atoms with Gasteiger partial charge in [-0.1, -0.05) is 13.8 Å². The average Bonchev–Trinajstić information content (AvgIpc) is 3.08. The molecule has 3 heteroatoms. The molecule has 1 unspecified atom stereocenters. The molecule has 3 nitrogen and oxygen atoms in total. The molecule has 0 heterocycles. The van der Waals surface area contributed by atoms with Crippen molar-refractivity contribution in [2.75, 3.05) is 33.3 Å². The molecular weight excluding hydrogens is 200 g/mol. The summed E-state index contributed by atoms with van der Waals surface area (Å²) < 4.78 is 0. The van der Waals surface area contributed by atoms with Gasteiger partial charge in [-0.25, -0.2) is 0 Å². The normalized spacial score (nSPS) is 20.1. The summed E-state index contributed by atoms with van der Waals surface area (Å²) in [7, 11) is 2.16. The van der Waals surface area contributed by atoms with Gasteiger partial charge in [0.2, 0.25) is 0 Å². The van der Waals surface area contributed by atoms with Crippen LogP contribution >= 0.6 is 0 Å². The topological polar surface area (TPSA) is 35.5 Å². The lowest BCUT2D eigenvalue weighted by Gasteiger charge is -2.37. The number of hydrogen-bond donors (Lipinski definition) is 2. The van der Waals surface area contributed by atoms with Gasteiger partial charge < -0.3 is 15.3 Å². The summed E-state index contributed by atoms with van der Waals surface area (Å²) in [5.41, 5.74) is -0.0417. The lowest BCUT2D eigenvalue weighted by atomic mass is 9.93. The molecule has 1 rings (SSSR count). The molecule has 1 aliphatic rings. The van der Waals surface area contributed by atoms with Gasteiger partial charge in [0.05, 0.1) is 12.1 Å². The van der Waals surface area contributed by atoms with Gasteiger partial charge in [0, 0.05) is 6.54 Å². The Labute approximate surface area is 100 Å². The molecular formula is C13H28N2O. The standard InChI is InChI=1S/C13H28N2O/c1-4-8-14-13(11-16,12-6-7-12)10-15(3)9-5-2/h12,14,16H,4-11H2,1-3H3. The second-order valence-corrected chi connectivity index (χ2v) is 5.25. The SMILES string of the molecule is CCCNC(CO)(CN(C)CCC)C1CC1. The van der Waals surface area contributed by atoms with Crippen molar-refractivity contribution in [3.8, 4) is 0 Å². The Morgan fingerprint density at radius 2 is 2.00 bits per heavy atom. The van der Waals surface area contributed by atoms with Gasteiger partial charge in [-0.3, -0.25) is 0 Å². The molecule has 0 aromatic heterocycles. The molecule has 0 bridgehead atoms. The first-order valence-corrected chi connectivity index (χ1v) is 6.73. The van der Waals surface area contributed by atoms with Crippen LogP contribution in [-0.4, -0.2) is 48.8 Å². The van der Waals surface area contributed by atoms with E-state index in [1.54, 1.807) is 0 Å². The Bertz CT molecular complexity index is 194. The van der Waals surface area contributed by atoms with Crippen LogP contribution in [0.3, 0.4) is 0 Å². The number of likely N-dealkylation sites (N-methyl/N-ethyl adjacent to an activating group) is 1. The zero-order valence-electron chi connectivity index (χ0n) is 11.1. The van der Waals surface area contributed by atoms with Crippen molar-refractivity contribution in [3.05, 3.63) is 0 Å². The number of aliphatic hydroxyl groups excluding tert-OH is 1. The van der Waals surface area contributed by atoms with Crippen molar-refractivity contribution in [3.63, 3.8) is 0 Å². The lowest BCUT2D eigenvalue weighted by Crippen LogP contribution is -2.57. The highest BCUT2D eigenvalue weighted by Gasteiger charge is 2.44. The minimum Gasteiger partial charge on any atom is -0.394 e. The Morgan fingerprint density at radius 1 is 1.31 bits per heavy atom. The molecule has 0 aromatic rings. The van der Waals surface area contributed by atoms with Crippen LogP contribution in [0.2, 0.25) is 0 Å². The van der Waals surface area contributed by atoms with Crippen LogP contribution < -0.4 is 5.32 Å². The lowest BCUT2D eigenvalue weighted by molar-refractivity contribution is 0.101. The summed E-state index contributed by atoms with van der Waals surface area (Å²) in [5.74, 6) is 0.684. The van der Waals surface area contributed by atoms with E-state index in [2.05, 4.69) is 31.1 Å². The summed E-state index contributed by atoms with van der Waals surface area (Å²) in [6.45, 7) is 7.75. The largest absolute Gasteiger partial charge is 0.394 e. The average molecular weight is 228 g/mol. The van der Waals surface area contributed by atoms with Gasteiger partial charge in [0.1, 0.15) is 0 Å². The maximum Gasteiger partial charge on any atom is 0.0628 e. The fourth-order valence-electron chi connectivity index (χ4n) is 2.52. The molecule has 1 saturated carbocycles. The van der Waals surface area contributed by atoms with E-state index in [1.807, 2.05) is 0 Å². The number of hydrogen-bond acceptors (Lipinski definition) is 3. The first-order chi connectivity index (χ1) is 7.68. The van der Waals surface area contributed by atoms with Gasteiger partial charge in [-0.05, 0) is 51.7 Å². The number of nitrogens with one attached hydrogen (secondary N) is 1. The molecule has 2 N–H and O–H groups in total. The second-order valence-electron chi connectivity index (χ2n) is 5.25. The highest BCUT2D eigenvalue weighted by molar-refractivity contribution is 5.02. The highest BCUT2D eigenvalue weighted by Crippen LogP contribution is 2.40. The molecule has 1 atom stereocenters. The number of nitrogens with zero attached hydrogens (tertiary/aromatic N) is 1. The molecule has 0 aliphatic heterocycles. The molecule has 0 spiro atoms. The summed E-state index contributed by atoms with van der Waals surface area (Å²) in [6.07, 6.45) is 4.86. The van der Waals surface area contributed by atoms with Crippen molar-refractivity contribution < 1.29 is 5.11 Å². The monoisotopic (exact) mass is 228 g/mol. The van der Waals surface area contributed by atoms with Crippen LogP contribution in [0.25, 0.3) is 0 Å². The maximum atomic E-state index is 9.74. The fraction of sp³-hybridized carbons (Fsp3) is 1.00. The van der Waals surface area contributed by atoms with Crippen LogP contribution in [0.15, 0.2) is 0 Å². The van der Waals surface area contributed by atoms with Gasteiger partial charge in [-0.15, -0.1) is 0 Å². The quantitative estimate of drug-likeness (QED) is 0.627. The predicted octanol–water partition coefficient (Wildman–Crippen LogP) is 1.47. The van der Waals surface area contributed by atoms with Gasteiger partial charge in [0.25, 0.3) is 0 Å². The first-order valence-electron chi connectivity index (χ1n) is 6.73. The Morgan fingerprint density at radius 3 is 2.44 bits per heavy atom. The molecule has 16 heavy (non-hydrogen) atoms. The molecule has 1 aliphatic carbocycles. The van der Waals surface area contributed by atoms with E-state index < -0.39 is 0 Å². The third-order valence-electron chi connectivity index (χ3n) is 3.53. The molecule has 96 valence electrons. The Balaban J connectivity index is 2.53. The minimum atomic E-state index is -0.0417. The number of aliphatic hydroxyl groups is 1. The highest BCUT2D eigenvalue weighted by atomic mass is 16.3. The van der Waals surface area contributed by atoms with Gasteiger partial charge >= 0.3 is 0 Å². The van der Waals surface area contributed by atoms with E-state index >= 15 is 0 Å². The van der Waals surface area contributed by atoms with E-state index in [1.165, 1.54) is 19.3 Å². The molecule has 0 aromatic carbocycles. The first kappa shape index (κ1) is 13.9. The summed E-state index contributed by atoms with van der Waals surface area (Å²) >= 11 is 0. The summed E-state index contributed by atoms with van der Waals surface area (Å²) in [6, 6.07) is 0. The van der Waals surface area contributed by atoms with Crippen molar-refractivity contribution in [2.24, 2.45) is 5.92 Å². The van der Waals surface area contributed by atoms with Crippen LogP contribution in [0.5, 0.6) is 0 Å². The molecule has 1 fully saturated rings. The Hall–Kier alpha value is -0.120. The predicted molar refractivity (Wildman–Crippen MR) is 68.6 cm³/mol. The third kappa shape index (κ3) is 3.72. The zero-order valence-corrected chi connectivity index (χ0v) is 11.1. The van der Waals surface area contributed by atoms with Crippen molar-refractivity contribution in [1.29, 1.82) is 0 Å². The van der Waals surface area contributed by atoms with Crippen LogP contribution in [-0.2, 0) is 0 Å². The molecule has 0 amide bonds. The van der Waals surface area contributed by atoms with E-state index in [0.29, 0.717) is 5.92 Å². The van der Waals surface area contributed by atoms with E-state index in [9.17, 15) is 5.11 Å². The third-order valence-corrected chi connectivity index (χ3v) is 3.53. The van der Waals surface area contributed by atoms with Crippen LogP contribution in [0.4, 0.5) is 0 Å². The van der Waals surface area contributed by atoms with Crippen LogP contribution in [0, 0.1) is 5.92 Å². The summed E-state index contributed by atoms with van der Waals surface area (Å²) in [4.78, 5) is 2.34. The maximum absolute atomic E-state index is 9.74. The molecule has 0 saturated heterocycles. The van der Waals surface area contributed by atoms with E-state index in [4.69, 9.17) is 0 Å². The fourth-order valence-corrected chi connectivity index (χ4v) is 2.52. The smallest absolute Gasteiger partial charge is 0.0628 e. The number of rotatable bonds is 9. The second kappa shape index (κ2) is 6.58. The van der Waals surface area contributed by atoms with E-state index in [-0.39, 0.29) is 12.1 Å². The van der Waals surface area contributed by atoms with Crippen LogP contribution in [0.1, 0.15) is 39.5 Å². The van der Waals surface area contributed by atoms with Crippen molar-refractivity contribution >= 4 is 0 Å². The van der Waals surface area contributed by atoms with Gasteiger partial charge in [-0.2, -0.15) is 0 Å². The zero-order chi connectivity index (χ0) is 12.0. The summed E-state index contributed by atoms with van der Waals surface area (Å²) in [5, 5.41) is 13.3. The Kier molecular flexibility index (Phi) is 5.73. The van der Waals surface area contributed by atoms with Crippen molar-refractivity contribution in [1.82, 2.24) is 10.2 Å².